The van der Waals surface area contributed by atoms with Gasteiger partial charge in [-0.3, -0.25) is 4.90 Å². The lowest BCUT2D eigenvalue weighted by atomic mass is 10.1. The van der Waals surface area contributed by atoms with Gasteiger partial charge in [0.15, 0.2) is 0 Å². The number of hydrogen-bond acceptors (Lipinski definition) is 5. The highest BCUT2D eigenvalue weighted by atomic mass is 19.4. The first kappa shape index (κ1) is 15.7. The van der Waals surface area contributed by atoms with Crippen molar-refractivity contribution in [2.24, 2.45) is 0 Å². The van der Waals surface area contributed by atoms with Crippen molar-refractivity contribution in [1.29, 1.82) is 0 Å². The molecule has 1 aliphatic heterocycles. The van der Waals surface area contributed by atoms with E-state index >= 15 is 0 Å². The van der Waals surface area contributed by atoms with Crippen molar-refractivity contribution >= 4 is 0 Å². The summed E-state index contributed by atoms with van der Waals surface area (Å²) in [6.07, 6.45) is -4.75. The Labute approximate surface area is 128 Å². The molecule has 0 spiro atoms. The Morgan fingerprint density at radius 2 is 2.04 bits per heavy atom. The van der Waals surface area contributed by atoms with Crippen LogP contribution in [0.2, 0.25) is 0 Å². The monoisotopic (exact) mass is 331 g/mol. The third kappa shape index (κ3) is 3.00. The van der Waals surface area contributed by atoms with Crippen LogP contribution in [0.3, 0.4) is 0 Å². The van der Waals surface area contributed by atoms with Gasteiger partial charge in [-0.25, -0.2) is 4.39 Å². The summed E-state index contributed by atoms with van der Waals surface area (Å²) in [5, 5.41) is 3.26. The predicted molar refractivity (Wildman–Crippen MR) is 71.1 cm³/mol. The second kappa shape index (κ2) is 5.48. The molecule has 0 aliphatic carbocycles. The fourth-order valence-corrected chi connectivity index (χ4v) is 2.22. The molecule has 1 atom stereocenters. The molecule has 2 aromatic rings. The van der Waals surface area contributed by atoms with Gasteiger partial charge >= 0.3 is 12.1 Å². The Kier molecular flexibility index (Phi) is 3.75. The molecular formula is C14H13F4N3O2. The van der Waals surface area contributed by atoms with E-state index in [0.29, 0.717) is 18.7 Å². The van der Waals surface area contributed by atoms with Crippen LogP contribution in [0, 0.1) is 5.82 Å². The molecule has 9 heteroatoms. The van der Waals surface area contributed by atoms with Gasteiger partial charge in [0.1, 0.15) is 18.2 Å². The van der Waals surface area contributed by atoms with Crippen LogP contribution < -0.4 is 4.74 Å². The van der Waals surface area contributed by atoms with Crippen LogP contribution in [-0.2, 0) is 12.7 Å². The van der Waals surface area contributed by atoms with Gasteiger partial charge in [0, 0.05) is 23.7 Å². The van der Waals surface area contributed by atoms with Gasteiger partial charge in [-0.2, -0.15) is 18.2 Å². The average molecular weight is 331 g/mol. The summed E-state index contributed by atoms with van der Waals surface area (Å²) in [6, 6.07) is 2.58. The molecule has 0 radical (unpaired) electrons. The van der Waals surface area contributed by atoms with Gasteiger partial charge in [-0.05, 0) is 26.1 Å². The lowest BCUT2D eigenvalue weighted by Gasteiger charge is -2.20. The number of alkyl halides is 3. The molecule has 0 fully saturated rings. The molecule has 0 saturated heterocycles. The summed E-state index contributed by atoms with van der Waals surface area (Å²) in [7, 11) is 1.84. The Bertz CT molecular complexity index is 729. The van der Waals surface area contributed by atoms with E-state index in [1.807, 2.05) is 18.9 Å². The molecule has 0 bridgehead atoms. The number of nitrogens with zero attached hydrogens (tertiary/aromatic N) is 3. The molecule has 1 aromatic heterocycles. The predicted octanol–water partition coefficient (Wildman–Crippen LogP) is 3.11. The zero-order valence-electron chi connectivity index (χ0n) is 12.3. The highest BCUT2D eigenvalue weighted by Gasteiger charge is 2.38. The van der Waals surface area contributed by atoms with Crippen molar-refractivity contribution < 1.29 is 26.8 Å². The molecule has 23 heavy (non-hydrogen) atoms. The topological polar surface area (TPSA) is 51.4 Å². The molecular weight excluding hydrogens is 318 g/mol. The van der Waals surface area contributed by atoms with Gasteiger partial charge in [-0.15, -0.1) is 0 Å². The summed E-state index contributed by atoms with van der Waals surface area (Å²) < 4.78 is 61.6. The number of benzene rings is 1. The first-order chi connectivity index (χ1) is 10.8. The second-order valence-electron chi connectivity index (χ2n) is 5.43. The van der Waals surface area contributed by atoms with Crippen LogP contribution in [-0.4, -0.2) is 34.7 Å². The number of rotatable bonds is 1. The van der Waals surface area contributed by atoms with Gasteiger partial charge in [0.25, 0.3) is 0 Å². The Morgan fingerprint density at radius 3 is 2.70 bits per heavy atom. The van der Waals surface area contributed by atoms with Crippen LogP contribution in [0.4, 0.5) is 17.6 Å². The molecule has 2 heterocycles. The van der Waals surface area contributed by atoms with Gasteiger partial charge < -0.3 is 9.26 Å². The summed E-state index contributed by atoms with van der Waals surface area (Å²) in [6.45, 7) is 2.61. The van der Waals surface area contributed by atoms with Crippen molar-refractivity contribution in [3.05, 3.63) is 29.4 Å². The second-order valence-corrected chi connectivity index (χ2v) is 5.43. The molecule has 3 rings (SSSR count). The quantitative estimate of drug-likeness (QED) is 0.752. The third-order valence-corrected chi connectivity index (χ3v) is 3.72. The molecule has 0 N–H and O–H groups in total. The first-order valence-electron chi connectivity index (χ1n) is 6.82. The summed E-state index contributed by atoms with van der Waals surface area (Å²) in [5.41, 5.74) is 0.415. The van der Waals surface area contributed by atoms with Crippen LogP contribution in [0.1, 0.15) is 18.4 Å². The number of ether oxygens (including phenoxy) is 1. The van der Waals surface area contributed by atoms with Crippen LogP contribution in [0.5, 0.6) is 5.75 Å². The average Bonchev–Trinajstić information content (AvgIpc) is 2.92. The minimum Gasteiger partial charge on any atom is -0.491 e. The standard InChI is InChI=1S/C14H13F4N3O2/c1-7-6-22-11-4-8(3-10(15)9(11)5-21(7)2)12-19-13(23-20-12)14(16,17)18/h3-4,7H,5-6H2,1-2H3/t7-/m0/s1. The fraction of sp³-hybridized carbons (Fsp3) is 0.429. The molecule has 1 aromatic carbocycles. The minimum atomic E-state index is -4.75. The number of likely N-dealkylation sites (N-methyl/N-ethyl adjacent to an activating group) is 1. The van der Waals surface area contributed by atoms with Crippen LogP contribution in [0.25, 0.3) is 11.4 Å². The van der Waals surface area contributed by atoms with Gasteiger partial charge in [-0.1, -0.05) is 5.16 Å². The number of aromatic nitrogens is 2. The SMILES string of the molecule is C[C@H]1COc2cc(-c3noc(C(F)(F)F)n3)cc(F)c2CN1C. The molecule has 0 unspecified atom stereocenters. The Morgan fingerprint density at radius 1 is 1.30 bits per heavy atom. The number of fused-ring (bicyclic) bond motifs is 1. The van der Waals surface area contributed by atoms with Crippen LogP contribution >= 0.6 is 0 Å². The highest BCUT2D eigenvalue weighted by molar-refractivity contribution is 5.59. The normalized spacial score (nSPS) is 19.1. The smallest absolute Gasteiger partial charge is 0.471 e. The summed E-state index contributed by atoms with van der Waals surface area (Å²) in [4.78, 5) is 5.18. The molecule has 5 nitrogen and oxygen atoms in total. The third-order valence-electron chi connectivity index (χ3n) is 3.72. The van der Waals surface area contributed by atoms with Crippen molar-refractivity contribution in [1.82, 2.24) is 15.0 Å². The van der Waals surface area contributed by atoms with E-state index in [2.05, 4.69) is 14.7 Å². The number of hydrogen-bond donors (Lipinski definition) is 0. The Balaban J connectivity index is 2.00. The summed E-state index contributed by atoms with van der Waals surface area (Å²) in [5.74, 6) is -2.13. The first-order valence-corrected chi connectivity index (χ1v) is 6.82. The van der Waals surface area contributed by atoms with Crippen molar-refractivity contribution in [2.45, 2.75) is 25.7 Å². The van der Waals surface area contributed by atoms with E-state index in [1.54, 1.807) is 0 Å². The summed E-state index contributed by atoms with van der Waals surface area (Å²) >= 11 is 0. The van der Waals surface area contributed by atoms with Gasteiger partial charge in [0.2, 0.25) is 5.82 Å². The van der Waals surface area contributed by atoms with E-state index < -0.39 is 17.9 Å². The fourth-order valence-electron chi connectivity index (χ4n) is 2.22. The van der Waals surface area contributed by atoms with E-state index in [1.165, 1.54) is 6.07 Å². The van der Waals surface area contributed by atoms with E-state index in [-0.39, 0.29) is 23.2 Å². The van der Waals surface area contributed by atoms with E-state index in [9.17, 15) is 17.6 Å². The van der Waals surface area contributed by atoms with Crippen LogP contribution in [0.15, 0.2) is 16.7 Å². The van der Waals surface area contributed by atoms with Crippen molar-refractivity contribution in [2.75, 3.05) is 13.7 Å². The minimum absolute atomic E-state index is 0.0673. The van der Waals surface area contributed by atoms with E-state index in [4.69, 9.17) is 4.74 Å². The highest BCUT2D eigenvalue weighted by Crippen LogP contribution is 2.33. The lowest BCUT2D eigenvalue weighted by Crippen LogP contribution is -2.31. The van der Waals surface area contributed by atoms with Crippen molar-refractivity contribution in [3.63, 3.8) is 0 Å². The molecule has 0 saturated carbocycles. The maximum atomic E-state index is 14.3. The Hall–Kier alpha value is -2.16. The molecule has 124 valence electrons. The zero-order chi connectivity index (χ0) is 16.8. The maximum Gasteiger partial charge on any atom is 0.471 e. The maximum absolute atomic E-state index is 14.3. The van der Waals surface area contributed by atoms with E-state index in [0.717, 1.165) is 6.07 Å². The molecule has 0 amide bonds. The zero-order valence-corrected chi connectivity index (χ0v) is 12.3. The molecule has 1 aliphatic rings. The van der Waals surface area contributed by atoms with Gasteiger partial charge in [0.05, 0.1) is 0 Å². The largest absolute Gasteiger partial charge is 0.491 e. The van der Waals surface area contributed by atoms with Crippen molar-refractivity contribution in [3.8, 4) is 17.1 Å². The lowest BCUT2D eigenvalue weighted by molar-refractivity contribution is -0.159. The number of halogens is 4.